The van der Waals surface area contributed by atoms with Gasteiger partial charge in [0.15, 0.2) is 0 Å². The molecular formula is C19H25FN4O. The van der Waals surface area contributed by atoms with Crippen LogP contribution in [0.15, 0.2) is 18.2 Å². The van der Waals surface area contributed by atoms with E-state index in [2.05, 4.69) is 16.2 Å². The van der Waals surface area contributed by atoms with E-state index in [4.69, 9.17) is 0 Å². The fourth-order valence-electron chi connectivity index (χ4n) is 5.51. The fourth-order valence-corrected chi connectivity index (χ4v) is 5.51. The van der Waals surface area contributed by atoms with Gasteiger partial charge in [0, 0.05) is 36.0 Å². The van der Waals surface area contributed by atoms with Gasteiger partial charge >= 0.3 is 0 Å². The molecule has 3 unspecified atom stereocenters. The number of carbonyl (C=O) groups is 1. The van der Waals surface area contributed by atoms with Crippen molar-refractivity contribution in [2.45, 2.75) is 49.6 Å². The van der Waals surface area contributed by atoms with Crippen molar-refractivity contribution in [3.05, 3.63) is 29.6 Å². The Labute approximate surface area is 147 Å². The molecule has 6 heteroatoms. The van der Waals surface area contributed by atoms with Crippen molar-refractivity contribution >= 4 is 11.6 Å². The Balaban J connectivity index is 1.49. The Kier molecular flexibility index (Phi) is 3.62. The Morgan fingerprint density at radius 2 is 2.08 bits per heavy atom. The summed E-state index contributed by atoms with van der Waals surface area (Å²) in [6.45, 7) is 2.46. The van der Waals surface area contributed by atoms with Crippen LogP contribution in [0.2, 0.25) is 0 Å². The summed E-state index contributed by atoms with van der Waals surface area (Å²) in [5.74, 6) is 0.183. The second-order valence-electron chi connectivity index (χ2n) is 8.08. The van der Waals surface area contributed by atoms with Crippen molar-refractivity contribution in [2.75, 3.05) is 24.5 Å². The standard InChI is InChI=1S/C19H25FN4O/c20-13-4-3-5-15-16(13)19(7-1-2-8-19)11-24(15)18(25)17-12-10-21-9-6-14(12)22-23-17/h3-5,12,14,17,21-23H,1-2,6-11H2. The number of rotatable bonds is 1. The van der Waals surface area contributed by atoms with Gasteiger partial charge in [0.1, 0.15) is 11.9 Å². The Morgan fingerprint density at radius 3 is 2.92 bits per heavy atom. The lowest BCUT2D eigenvalue weighted by molar-refractivity contribution is -0.121. The molecule has 3 atom stereocenters. The highest BCUT2D eigenvalue weighted by atomic mass is 19.1. The molecule has 4 aliphatic rings. The van der Waals surface area contributed by atoms with Gasteiger partial charge in [0.25, 0.3) is 0 Å². The molecule has 1 aromatic rings. The zero-order valence-electron chi connectivity index (χ0n) is 14.4. The Morgan fingerprint density at radius 1 is 1.24 bits per heavy atom. The molecule has 1 aliphatic carbocycles. The summed E-state index contributed by atoms with van der Waals surface area (Å²) >= 11 is 0. The quantitative estimate of drug-likeness (QED) is 0.722. The van der Waals surface area contributed by atoms with E-state index >= 15 is 0 Å². The van der Waals surface area contributed by atoms with Crippen LogP contribution in [-0.2, 0) is 10.2 Å². The molecule has 3 aliphatic heterocycles. The summed E-state index contributed by atoms with van der Waals surface area (Å²) in [6.07, 6.45) is 5.22. The van der Waals surface area contributed by atoms with E-state index < -0.39 is 0 Å². The minimum atomic E-state index is -0.245. The number of benzene rings is 1. The first-order valence-electron chi connectivity index (χ1n) is 9.52. The van der Waals surface area contributed by atoms with E-state index in [-0.39, 0.29) is 29.1 Å². The predicted octanol–water partition coefficient (Wildman–Crippen LogP) is 1.44. The van der Waals surface area contributed by atoms with E-state index in [0.717, 1.165) is 56.4 Å². The van der Waals surface area contributed by atoms with Gasteiger partial charge in [-0.15, -0.1) is 0 Å². The summed E-state index contributed by atoms with van der Waals surface area (Å²) in [4.78, 5) is 15.3. The summed E-state index contributed by atoms with van der Waals surface area (Å²) in [5, 5.41) is 3.40. The second kappa shape index (κ2) is 5.76. The molecule has 25 heavy (non-hydrogen) atoms. The number of fused-ring (bicyclic) bond motifs is 3. The lowest BCUT2D eigenvalue weighted by Gasteiger charge is -2.30. The minimum absolute atomic E-state index is 0.0827. The molecule has 134 valence electrons. The van der Waals surface area contributed by atoms with E-state index in [1.54, 1.807) is 12.1 Å². The zero-order valence-corrected chi connectivity index (χ0v) is 14.4. The number of anilines is 1. The third-order valence-corrected chi connectivity index (χ3v) is 6.75. The maximum atomic E-state index is 14.7. The molecule has 1 spiro atoms. The second-order valence-corrected chi connectivity index (χ2v) is 8.08. The van der Waals surface area contributed by atoms with Crippen LogP contribution in [0, 0.1) is 11.7 Å². The number of hydrogen-bond donors (Lipinski definition) is 3. The number of amides is 1. The molecule has 3 fully saturated rings. The van der Waals surface area contributed by atoms with Crippen LogP contribution in [0.25, 0.3) is 0 Å². The maximum absolute atomic E-state index is 14.7. The maximum Gasteiger partial charge on any atom is 0.245 e. The molecule has 0 radical (unpaired) electrons. The molecule has 3 heterocycles. The molecule has 0 bridgehead atoms. The highest BCUT2D eigenvalue weighted by Crippen LogP contribution is 2.51. The molecule has 1 aromatic carbocycles. The van der Waals surface area contributed by atoms with E-state index in [1.807, 2.05) is 11.0 Å². The largest absolute Gasteiger partial charge is 0.316 e. The fraction of sp³-hybridized carbons (Fsp3) is 0.632. The number of carbonyl (C=O) groups excluding carboxylic acids is 1. The SMILES string of the molecule is O=C(C1NNC2CCNCC21)N1CC2(CCCC2)c2c(F)cccc21. The molecule has 2 saturated heterocycles. The number of hydrazine groups is 1. The zero-order chi connectivity index (χ0) is 17.0. The van der Waals surface area contributed by atoms with Gasteiger partial charge in [-0.05, 0) is 37.9 Å². The molecule has 5 rings (SSSR count). The third kappa shape index (κ3) is 2.27. The molecule has 1 amide bonds. The predicted molar refractivity (Wildman–Crippen MR) is 93.7 cm³/mol. The van der Waals surface area contributed by atoms with Crippen molar-refractivity contribution in [3.8, 4) is 0 Å². The van der Waals surface area contributed by atoms with E-state index in [9.17, 15) is 9.18 Å². The molecule has 5 nitrogen and oxygen atoms in total. The average molecular weight is 344 g/mol. The number of hydrogen-bond acceptors (Lipinski definition) is 4. The van der Waals surface area contributed by atoms with Gasteiger partial charge in [-0.25, -0.2) is 9.82 Å². The van der Waals surface area contributed by atoms with Crippen LogP contribution in [0.3, 0.4) is 0 Å². The first-order chi connectivity index (χ1) is 12.2. The molecule has 1 saturated carbocycles. The minimum Gasteiger partial charge on any atom is -0.316 e. The monoisotopic (exact) mass is 344 g/mol. The summed E-state index contributed by atoms with van der Waals surface area (Å²) in [6, 6.07) is 5.29. The van der Waals surface area contributed by atoms with Crippen LogP contribution in [0.4, 0.5) is 10.1 Å². The third-order valence-electron chi connectivity index (χ3n) is 6.75. The normalized spacial score (nSPS) is 32.8. The van der Waals surface area contributed by atoms with Gasteiger partial charge in [0.05, 0.1) is 5.69 Å². The lowest BCUT2D eigenvalue weighted by Crippen LogP contribution is -2.51. The van der Waals surface area contributed by atoms with Crippen LogP contribution in [-0.4, -0.2) is 37.6 Å². The van der Waals surface area contributed by atoms with Crippen LogP contribution in [0.1, 0.15) is 37.7 Å². The van der Waals surface area contributed by atoms with Crippen molar-refractivity contribution in [1.82, 2.24) is 16.2 Å². The first kappa shape index (κ1) is 15.7. The topological polar surface area (TPSA) is 56.4 Å². The van der Waals surface area contributed by atoms with Gasteiger partial charge in [-0.3, -0.25) is 10.2 Å². The van der Waals surface area contributed by atoms with Gasteiger partial charge in [0.2, 0.25) is 5.91 Å². The van der Waals surface area contributed by atoms with E-state index in [1.165, 1.54) is 0 Å². The smallest absolute Gasteiger partial charge is 0.245 e. The average Bonchev–Trinajstić information content (AvgIpc) is 3.34. The summed E-state index contributed by atoms with van der Waals surface area (Å²) in [5.41, 5.74) is 7.92. The number of halogens is 1. The van der Waals surface area contributed by atoms with Crippen molar-refractivity contribution in [1.29, 1.82) is 0 Å². The lowest BCUT2D eigenvalue weighted by atomic mass is 9.80. The van der Waals surface area contributed by atoms with Crippen molar-refractivity contribution in [2.24, 2.45) is 5.92 Å². The van der Waals surface area contributed by atoms with Gasteiger partial charge in [-0.1, -0.05) is 18.9 Å². The molecule has 3 N–H and O–H groups in total. The van der Waals surface area contributed by atoms with Crippen molar-refractivity contribution < 1.29 is 9.18 Å². The Bertz CT molecular complexity index is 703. The van der Waals surface area contributed by atoms with Crippen LogP contribution < -0.4 is 21.1 Å². The summed E-state index contributed by atoms with van der Waals surface area (Å²) < 4.78 is 14.7. The first-order valence-corrected chi connectivity index (χ1v) is 9.52. The highest BCUT2D eigenvalue weighted by Gasteiger charge is 2.51. The van der Waals surface area contributed by atoms with Crippen molar-refractivity contribution in [3.63, 3.8) is 0 Å². The highest BCUT2D eigenvalue weighted by molar-refractivity contribution is 6.00. The van der Waals surface area contributed by atoms with Gasteiger partial charge in [-0.2, -0.15) is 0 Å². The molecular weight excluding hydrogens is 319 g/mol. The van der Waals surface area contributed by atoms with E-state index in [0.29, 0.717) is 12.6 Å². The number of nitrogens with zero attached hydrogens (tertiary/aromatic N) is 1. The Hall–Kier alpha value is -1.50. The summed E-state index contributed by atoms with van der Waals surface area (Å²) in [7, 11) is 0. The van der Waals surface area contributed by atoms with Gasteiger partial charge < -0.3 is 10.2 Å². The molecule has 0 aromatic heterocycles. The van der Waals surface area contributed by atoms with Crippen LogP contribution in [0.5, 0.6) is 0 Å². The number of nitrogens with one attached hydrogen (secondary N) is 3. The van der Waals surface area contributed by atoms with Crippen LogP contribution >= 0.6 is 0 Å². The number of piperidine rings is 1.